The largest absolute Gasteiger partial charge is 0.105 e. The van der Waals surface area contributed by atoms with Crippen LogP contribution in [0.2, 0.25) is 0 Å². The summed E-state index contributed by atoms with van der Waals surface area (Å²) in [5.41, 5.74) is 8.17. The van der Waals surface area contributed by atoms with Crippen LogP contribution in [0.1, 0.15) is 57.7 Å². The molecule has 3 heteroatoms. The minimum absolute atomic E-state index is 0.609. The SMILES string of the molecule is Cc1ccc(C#Cc2ccc(C#Cc3cc(P)c(C)c(P)c3)c(P)c2C2CC2)cc1. The third kappa shape index (κ3) is 4.86. The van der Waals surface area contributed by atoms with Gasteiger partial charge in [0.1, 0.15) is 0 Å². The smallest absolute Gasteiger partial charge is 0.0324 e. The lowest BCUT2D eigenvalue weighted by atomic mass is 9.99. The van der Waals surface area contributed by atoms with Crippen LogP contribution in [-0.2, 0) is 0 Å². The van der Waals surface area contributed by atoms with Crippen molar-refractivity contribution in [2.45, 2.75) is 32.6 Å². The van der Waals surface area contributed by atoms with Crippen molar-refractivity contribution in [3.8, 4) is 23.7 Å². The number of hydrogen-bond acceptors (Lipinski definition) is 0. The van der Waals surface area contributed by atoms with Crippen molar-refractivity contribution in [3.63, 3.8) is 0 Å². The van der Waals surface area contributed by atoms with Crippen LogP contribution in [0, 0.1) is 37.5 Å². The number of hydrogen-bond donors (Lipinski definition) is 0. The Morgan fingerprint density at radius 3 is 1.90 bits per heavy atom. The molecule has 1 aliphatic rings. The second-order valence-corrected chi connectivity index (χ2v) is 9.73. The Kier molecular flexibility index (Phi) is 6.43. The fourth-order valence-electron chi connectivity index (χ4n) is 3.41. The standard InChI is InChI=1S/C27H25P3/c1-17-3-5-19(6-4-17)7-9-21-13-14-23(27(30)26(21)22-11-12-22)10-8-20-15-24(28)18(2)25(29)16-20/h3-6,13-16,22H,11-12,28-30H2,1-2H3. The zero-order valence-corrected chi connectivity index (χ0v) is 20.8. The molecule has 0 bridgehead atoms. The molecule has 148 valence electrons. The normalized spacial score (nSPS) is 12.6. The van der Waals surface area contributed by atoms with Crippen molar-refractivity contribution in [2.24, 2.45) is 0 Å². The van der Waals surface area contributed by atoms with Gasteiger partial charge in [0.25, 0.3) is 0 Å². The predicted octanol–water partition coefficient (Wildman–Crippen LogP) is 4.48. The molecule has 0 amide bonds. The highest BCUT2D eigenvalue weighted by molar-refractivity contribution is 7.29. The summed E-state index contributed by atoms with van der Waals surface area (Å²) in [4.78, 5) is 0. The van der Waals surface area contributed by atoms with Gasteiger partial charge in [0.2, 0.25) is 0 Å². The fraction of sp³-hybridized carbons (Fsp3) is 0.185. The number of benzene rings is 3. The molecule has 0 saturated heterocycles. The van der Waals surface area contributed by atoms with Crippen LogP contribution in [0.5, 0.6) is 0 Å². The molecule has 0 radical (unpaired) electrons. The van der Waals surface area contributed by atoms with Crippen LogP contribution in [0.4, 0.5) is 0 Å². The van der Waals surface area contributed by atoms with Gasteiger partial charge < -0.3 is 0 Å². The van der Waals surface area contributed by atoms with Gasteiger partial charge in [0.05, 0.1) is 0 Å². The molecule has 4 rings (SSSR count). The van der Waals surface area contributed by atoms with Gasteiger partial charge >= 0.3 is 0 Å². The topological polar surface area (TPSA) is 0 Å². The van der Waals surface area contributed by atoms with Crippen molar-refractivity contribution < 1.29 is 0 Å². The second kappa shape index (κ2) is 9.06. The molecule has 0 aromatic heterocycles. The summed E-state index contributed by atoms with van der Waals surface area (Å²) < 4.78 is 0. The average molecular weight is 442 g/mol. The average Bonchev–Trinajstić information content (AvgIpc) is 3.55. The molecule has 0 nitrogen and oxygen atoms in total. The van der Waals surface area contributed by atoms with Gasteiger partial charge in [0.15, 0.2) is 0 Å². The quantitative estimate of drug-likeness (QED) is 0.385. The number of rotatable bonds is 1. The third-order valence-electron chi connectivity index (χ3n) is 5.50. The van der Waals surface area contributed by atoms with Crippen LogP contribution in [0.3, 0.4) is 0 Å². The van der Waals surface area contributed by atoms with Crippen molar-refractivity contribution >= 4 is 43.6 Å². The summed E-state index contributed by atoms with van der Waals surface area (Å²) in [5, 5.41) is 3.58. The Morgan fingerprint density at radius 2 is 1.27 bits per heavy atom. The zero-order chi connectivity index (χ0) is 21.3. The highest BCUT2D eigenvalue weighted by Crippen LogP contribution is 2.41. The zero-order valence-electron chi connectivity index (χ0n) is 17.3. The lowest BCUT2D eigenvalue weighted by Gasteiger charge is -2.10. The van der Waals surface area contributed by atoms with E-state index in [2.05, 4.69) is 114 Å². The Hall–Kier alpha value is -1.93. The third-order valence-corrected chi connectivity index (χ3v) is 7.32. The van der Waals surface area contributed by atoms with Gasteiger partial charge in [-0.15, -0.1) is 27.7 Å². The van der Waals surface area contributed by atoms with E-state index < -0.39 is 0 Å². The van der Waals surface area contributed by atoms with Crippen LogP contribution in [0.15, 0.2) is 48.5 Å². The molecule has 3 aromatic carbocycles. The van der Waals surface area contributed by atoms with E-state index in [1.54, 1.807) is 0 Å². The van der Waals surface area contributed by atoms with E-state index in [4.69, 9.17) is 0 Å². The van der Waals surface area contributed by atoms with Gasteiger partial charge in [-0.05, 0) is 96.0 Å². The van der Waals surface area contributed by atoms with Gasteiger partial charge in [-0.3, -0.25) is 0 Å². The maximum absolute atomic E-state index is 3.42. The second-order valence-electron chi connectivity index (χ2n) is 7.91. The molecule has 0 spiro atoms. The Morgan fingerprint density at radius 1 is 0.700 bits per heavy atom. The molecule has 30 heavy (non-hydrogen) atoms. The molecule has 0 N–H and O–H groups in total. The van der Waals surface area contributed by atoms with Gasteiger partial charge in [-0.25, -0.2) is 0 Å². The molecule has 1 fully saturated rings. The first kappa shape index (κ1) is 21.3. The van der Waals surface area contributed by atoms with E-state index in [0.717, 1.165) is 22.3 Å². The molecule has 3 unspecified atom stereocenters. The summed E-state index contributed by atoms with van der Waals surface area (Å²) in [6.07, 6.45) is 2.48. The molecule has 1 aliphatic carbocycles. The number of aryl methyl sites for hydroxylation is 1. The summed E-state index contributed by atoms with van der Waals surface area (Å²) in [7, 11) is 8.53. The van der Waals surface area contributed by atoms with E-state index >= 15 is 0 Å². The van der Waals surface area contributed by atoms with E-state index in [-0.39, 0.29) is 0 Å². The van der Waals surface area contributed by atoms with Gasteiger partial charge in [0, 0.05) is 22.3 Å². The molecular weight excluding hydrogens is 417 g/mol. The van der Waals surface area contributed by atoms with Crippen molar-refractivity contribution in [2.75, 3.05) is 0 Å². The first-order valence-electron chi connectivity index (χ1n) is 10.1. The highest BCUT2D eigenvalue weighted by atomic mass is 31.0. The molecular formula is C27H25P3. The maximum Gasteiger partial charge on any atom is 0.0324 e. The molecule has 0 aliphatic heterocycles. The predicted molar refractivity (Wildman–Crippen MR) is 141 cm³/mol. The van der Waals surface area contributed by atoms with Gasteiger partial charge in [-0.2, -0.15) is 0 Å². The van der Waals surface area contributed by atoms with Gasteiger partial charge in [-0.1, -0.05) is 41.4 Å². The lowest BCUT2D eigenvalue weighted by molar-refractivity contribution is 1.13. The van der Waals surface area contributed by atoms with Crippen LogP contribution >= 0.6 is 27.7 Å². The van der Waals surface area contributed by atoms with E-state index in [0.29, 0.717) is 5.92 Å². The summed E-state index contributed by atoms with van der Waals surface area (Å²) in [6.45, 7) is 4.22. The summed E-state index contributed by atoms with van der Waals surface area (Å²) in [6, 6.07) is 16.9. The Bertz CT molecular complexity index is 1220. The van der Waals surface area contributed by atoms with Crippen LogP contribution in [0.25, 0.3) is 0 Å². The molecule has 3 aromatic rings. The molecule has 1 saturated carbocycles. The monoisotopic (exact) mass is 442 g/mol. The molecule has 0 heterocycles. The first-order valence-corrected chi connectivity index (χ1v) is 11.8. The first-order chi connectivity index (χ1) is 14.4. The van der Waals surface area contributed by atoms with Crippen LogP contribution in [-0.4, -0.2) is 0 Å². The van der Waals surface area contributed by atoms with Crippen molar-refractivity contribution in [1.82, 2.24) is 0 Å². The molecule has 3 atom stereocenters. The minimum Gasteiger partial charge on any atom is -0.105 e. The van der Waals surface area contributed by atoms with E-state index in [1.165, 1.54) is 45.4 Å². The summed E-state index contributed by atoms with van der Waals surface area (Å²) in [5.74, 6) is 14.1. The lowest BCUT2D eigenvalue weighted by Crippen LogP contribution is -2.10. The van der Waals surface area contributed by atoms with Crippen LogP contribution < -0.4 is 15.9 Å². The van der Waals surface area contributed by atoms with E-state index in [1.807, 2.05) is 0 Å². The fourth-order valence-corrected chi connectivity index (χ4v) is 4.83. The summed E-state index contributed by atoms with van der Waals surface area (Å²) >= 11 is 0. The Balaban J connectivity index is 1.70. The maximum atomic E-state index is 3.42. The van der Waals surface area contributed by atoms with Crippen molar-refractivity contribution in [1.29, 1.82) is 0 Å². The minimum atomic E-state index is 0.609. The van der Waals surface area contributed by atoms with E-state index in [9.17, 15) is 0 Å². The highest BCUT2D eigenvalue weighted by Gasteiger charge is 2.28. The van der Waals surface area contributed by atoms with Crippen molar-refractivity contribution in [3.05, 3.63) is 87.5 Å². The Labute approximate surface area is 187 Å².